The van der Waals surface area contributed by atoms with E-state index in [0.29, 0.717) is 17.2 Å². The smallest absolute Gasteiger partial charge is 0.161 e. The van der Waals surface area contributed by atoms with Gasteiger partial charge in [0.1, 0.15) is 11.6 Å². The number of hydrogen-bond acceptors (Lipinski definition) is 4. The molecule has 2 aromatic rings. The summed E-state index contributed by atoms with van der Waals surface area (Å²) in [7, 11) is 0. The molecule has 2 rings (SSSR count). The molecule has 0 aliphatic rings. The van der Waals surface area contributed by atoms with Gasteiger partial charge in [0.05, 0.1) is 5.02 Å². The molecule has 0 saturated carbocycles. The molecule has 100 valence electrons. The molecule has 1 heterocycles. The number of hydrogen-bond donors (Lipinski definition) is 2. The molecule has 0 unspecified atom stereocenters. The predicted molar refractivity (Wildman–Crippen MR) is 74.2 cm³/mol. The van der Waals surface area contributed by atoms with Gasteiger partial charge in [-0.1, -0.05) is 24.9 Å². The van der Waals surface area contributed by atoms with Crippen molar-refractivity contribution < 1.29 is 4.39 Å². The fourth-order valence-electron chi connectivity index (χ4n) is 1.72. The van der Waals surface area contributed by atoms with Gasteiger partial charge in [0.2, 0.25) is 0 Å². The number of halogens is 2. The number of anilines is 1. The highest BCUT2D eigenvalue weighted by molar-refractivity contribution is 6.30. The maximum Gasteiger partial charge on any atom is 0.161 e. The Hall–Kier alpha value is -1.72. The third-order valence-corrected chi connectivity index (χ3v) is 2.92. The second kappa shape index (κ2) is 5.95. The minimum absolute atomic E-state index is 0.0747. The van der Waals surface area contributed by atoms with Crippen molar-refractivity contribution in [3.63, 3.8) is 0 Å². The van der Waals surface area contributed by atoms with Crippen LogP contribution in [0.3, 0.4) is 0 Å². The Morgan fingerprint density at radius 2 is 2.11 bits per heavy atom. The molecule has 0 aliphatic carbocycles. The summed E-state index contributed by atoms with van der Waals surface area (Å²) in [5, 5.41) is 0.0747. The van der Waals surface area contributed by atoms with Gasteiger partial charge < -0.3 is 5.43 Å². The summed E-state index contributed by atoms with van der Waals surface area (Å²) in [6.07, 6.45) is 1.76. The van der Waals surface area contributed by atoms with E-state index in [0.717, 1.165) is 18.5 Å². The molecule has 1 aromatic heterocycles. The third kappa shape index (κ3) is 3.19. The number of nitrogens with two attached hydrogens (primary N) is 1. The summed E-state index contributed by atoms with van der Waals surface area (Å²) >= 11 is 5.66. The zero-order valence-electron chi connectivity index (χ0n) is 10.5. The van der Waals surface area contributed by atoms with Crippen LogP contribution in [0.25, 0.3) is 11.4 Å². The summed E-state index contributed by atoms with van der Waals surface area (Å²) in [6, 6.07) is 6.25. The van der Waals surface area contributed by atoms with E-state index in [-0.39, 0.29) is 5.02 Å². The fourth-order valence-corrected chi connectivity index (χ4v) is 1.84. The van der Waals surface area contributed by atoms with Crippen LogP contribution in [-0.4, -0.2) is 9.97 Å². The standard InChI is InChI=1S/C13H14ClFN4/c1-2-3-9-7-12(19-16)18-13(17-9)8-4-5-10(14)11(15)6-8/h4-7H,2-3,16H2,1H3,(H,17,18,19). The summed E-state index contributed by atoms with van der Waals surface area (Å²) in [6.45, 7) is 2.05. The Labute approximate surface area is 115 Å². The van der Waals surface area contributed by atoms with Crippen LogP contribution in [-0.2, 0) is 6.42 Å². The van der Waals surface area contributed by atoms with Crippen molar-refractivity contribution in [3.8, 4) is 11.4 Å². The van der Waals surface area contributed by atoms with Gasteiger partial charge in [0.25, 0.3) is 0 Å². The van der Waals surface area contributed by atoms with E-state index in [1.165, 1.54) is 12.1 Å². The van der Waals surface area contributed by atoms with Gasteiger partial charge in [-0.3, -0.25) is 0 Å². The number of aryl methyl sites for hydroxylation is 1. The van der Waals surface area contributed by atoms with Crippen LogP contribution in [0, 0.1) is 5.82 Å². The maximum absolute atomic E-state index is 13.5. The minimum Gasteiger partial charge on any atom is -0.308 e. The van der Waals surface area contributed by atoms with E-state index in [1.54, 1.807) is 12.1 Å². The van der Waals surface area contributed by atoms with Crippen LogP contribution >= 0.6 is 11.6 Å². The SMILES string of the molecule is CCCc1cc(NN)nc(-c2ccc(Cl)c(F)c2)n1. The number of nitrogens with one attached hydrogen (secondary N) is 1. The zero-order valence-corrected chi connectivity index (χ0v) is 11.2. The lowest BCUT2D eigenvalue weighted by atomic mass is 10.2. The number of nitrogen functional groups attached to an aromatic ring is 1. The molecular weight excluding hydrogens is 267 g/mol. The molecule has 6 heteroatoms. The van der Waals surface area contributed by atoms with Gasteiger partial charge in [-0.05, 0) is 24.6 Å². The normalized spacial score (nSPS) is 10.5. The maximum atomic E-state index is 13.5. The zero-order chi connectivity index (χ0) is 13.8. The molecule has 1 aromatic carbocycles. The van der Waals surface area contributed by atoms with Crippen LogP contribution < -0.4 is 11.3 Å². The van der Waals surface area contributed by atoms with Gasteiger partial charge in [-0.2, -0.15) is 0 Å². The van der Waals surface area contributed by atoms with Crippen molar-refractivity contribution >= 4 is 17.4 Å². The van der Waals surface area contributed by atoms with Crippen molar-refractivity contribution in [2.24, 2.45) is 5.84 Å². The van der Waals surface area contributed by atoms with Crippen LogP contribution in [0.5, 0.6) is 0 Å². The molecule has 19 heavy (non-hydrogen) atoms. The Morgan fingerprint density at radius 3 is 2.74 bits per heavy atom. The topological polar surface area (TPSA) is 63.8 Å². The highest BCUT2D eigenvalue weighted by Gasteiger charge is 2.09. The second-order valence-corrected chi connectivity index (χ2v) is 4.50. The van der Waals surface area contributed by atoms with E-state index >= 15 is 0 Å². The average molecular weight is 281 g/mol. The lowest BCUT2D eigenvalue weighted by Gasteiger charge is -2.07. The first-order valence-electron chi connectivity index (χ1n) is 5.94. The first-order chi connectivity index (χ1) is 9.13. The third-order valence-electron chi connectivity index (χ3n) is 2.61. The summed E-state index contributed by atoms with van der Waals surface area (Å²) in [5.41, 5.74) is 3.91. The average Bonchev–Trinajstić information content (AvgIpc) is 2.42. The number of nitrogens with zero attached hydrogens (tertiary/aromatic N) is 2. The number of aromatic nitrogens is 2. The largest absolute Gasteiger partial charge is 0.308 e. The fraction of sp³-hybridized carbons (Fsp3) is 0.231. The number of benzene rings is 1. The minimum atomic E-state index is -0.495. The lowest BCUT2D eigenvalue weighted by Crippen LogP contribution is -2.10. The van der Waals surface area contributed by atoms with E-state index < -0.39 is 5.82 Å². The summed E-state index contributed by atoms with van der Waals surface area (Å²) < 4.78 is 13.5. The molecule has 0 radical (unpaired) electrons. The number of rotatable bonds is 4. The van der Waals surface area contributed by atoms with Gasteiger partial charge >= 0.3 is 0 Å². The summed E-state index contributed by atoms with van der Waals surface area (Å²) in [4.78, 5) is 8.61. The van der Waals surface area contributed by atoms with Crippen molar-refractivity contribution in [3.05, 3.63) is 40.8 Å². The lowest BCUT2D eigenvalue weighted by molar-refractivity contribution is 0.628. The van der Waals surface area contributed by atoms with E-state index in [4.69, 9.17) is 17.4 Å². The molecule has 0 atom stereocenters. The van der Waals surface area contributed by atoms with Gasteiger partial charge in [0.15, 0.2) is 5.82 Å². The Kier molecular flexibility index (Phi) is 4.29. The van der Waals surface area contributed by atoms with Gasteiger partial charge in [-0.15, -0.1) is 0 Å². The Bertz CT molecular complexity index is 589. The van der Waals surface area contributed by atoms with Crippen LogP contribution in [0.1, 0.15) is 19.0 Å². The van der Waals surface area contributed by atoms with E-state index in [1.807, 2.05) is 0 Å². The Balaban J connectivity index is 2.47. The quantitative estimate of drug-likeness (QED) is 0.667. The Morgan fingerprint density at radius 1 is 1.32 bits per heavy atom. The van der Waals surface area contributed by atoms with E-state index in [9.17, 15) is 4.39 Å². The molecule has 0 aliphatic heterocycles. The second-order valence-electron chi connectivity index (χ2n) is 4.09. The van der Waals surface area contributed by atoms with E-state index in [2.05, 4.69) is 22.3 Å². The summed E-state index contributed by atoms with van der Waals surface area (Å²) in [5.74, 6) is 5.81. The van der Waals surface area contributed by atoms with Crippen molar-refractivity contribution in [2.45, 2.75) is 19.8 Å². The van der Waals surface area contributed by atoms with Crippen molar-refractivity contribution in [2.75, 3.05) is 5.43 Å². The molecule has 0 fully saturated rings. The molecule has 0 spiro atoms. The van der Waals surface area contributed by atoms with Gasteiger partial charge in [0, 0.05) is 17.3 Å². The van der Waals surface area contributed by atoms with Gasteiger partial charge in [-0.25, -0.2) is 20.2 Å². The van der Waals surface area contributed by atoms with Crippen LogP contribution in [0.2, 0.25) is 5.02 Å². The van der Waals surface area contributed by atoms with Crippen LogP contribution in [0.4, 0.5) is 10.2 Å². The highest BCUT2D eigenvalue weighted by Crippen LogP contribution is 2.23. The first kappa shape index (κ1) is 13.7. The van der Waals surface area contributed by atoms with Crippen molar-refractivity contribution in [1.29, 1.82) is 0 Å². The predicted octanol–water partition coefficient (Wildman–Crippen LogP) is 3.17. The first-order valence-corrected chi connectivity index (χ1v) is 6.32. The highest BCUT2D eigenvalue weighted by atomic mass is 35.5. The molecule has 0 amide bonds. The molecule has 0 saturated heterocycles. The monoisotopic (exact) mass is 280 g/mol. The molecular formula is C13H14ClFN4. The van der Waals surface area contributed by atoms with Crippen LogP contribution in [0.15, 0.2) is 24.3 Å². The van der Waals surface area contributed by atoms with Crippen molar-refractivity contribution in [1.82, 2.24) is 9.97 Å². The molecule has 0 bridgehead atoms. The number of hydrazine groups is 1. The molecule has 4 nitrogen and oxygen atoms in total. The molecule has 3 N–H and O–H groups in total.